The van der Waals surface area contributed by atoms with Gasteiger partial charge in [-0.05, 0) is 37.1 Å². The van der Waals surface area contributed by atoms with E-state index in [4.69, 9.17) is 5.73 Å². The van der Waals surface area contributed by atoms with Crippen molar-refractivity contribution < 1.29 is 9.90 Å². The van der Waals surface area contributed by atoms with Gasteiger partial charge in [0.15, 0.2) is 0 Å². The molecule has 104 valence electrons. The number of nitrogens with two attached hydrogens (primary N) is 1. The quantitative estimate of drug-likeness (QED) is 0.724. The summed E-state index contributed by atoms with van der Waals surface area (Å²) in [5, 5.41) is 12.1. The second kappa shape index (κ2) is 6.65. The number of nitrogens with one attached hydrogen (secondary N) is 1. The Bertz CT molecular complexity index is 436. The fourth-order valence-corrected chi connectivity index (χ4v) is 2.47. The first-order valence-electron chi connectivity index (χ1n) is 6.66. The molecule has 0 bridgehead atoms. The Labute approximate surface area is 113 Å². The summed E-state index contributed by atoms with van der Waals surface area (Å²) >= 11 is 0. The van der Waals surface area contributed by atoms with Crippen molar-refractivity contribution in [2.24, 2.45) is 5.73 Å². The van der Waals surface area contributed by atoms with E-state index in [1.54, 1.807) is 0 Å². The Morgan fingerprint density at radius 2 is 2.37 bits per heavy atom. The number of benzene rings is 1. The predicted molar refractivity (Wildman–Crippen MR) is 74.6 cm³/mol. The van der Waals surface area contributed by atoms with E-state index in [-0.39, 0.29) is 18.6 Å². The molecule has 5 nitrogen and oxygen atoms in total. The molecule has 0 saturated carbocycles. The number of hydrogen-bond acceptors (Lipinski definition) is 4. The molecule has 2 rings (SSSR count). The molecule has 19 heavy (non-hydrogen) atoms. The molecule has 1 saturated heterocycles. The van der Waals surface area contributed by atoms with E-state index in [1.165, 1.54) is 0 Å². The maximum atomic E-state index is 12.0. The molecule has 0 aromatic heterocycles. The molecular formula is C14H21N3O2. The first-order chi connectivity index (χ1) is 9.22. The van der Waals surface area contributed by atoms with Crippen LogP contribution in [-0.4, -0.2) is 41.7 Å². The van der Waals surface area contributed by atoms with Gasteiger partial charge in [-0.2, -0.15) is 0 Å². The van der Waals surface area contributed by atoms with Gasteiger partial charge in [0, 0.05) is 18.3 Å². The number of hydrogen-bond donors (Lipinski definition) is 3. The lowest BCUT2D eigenvalue weighted by atomic mass is 10.2. The Morgan fingerprint density at radius 3 is 3.11 bits per heavy atom. The zero-order valence-corrected chi connectivity index (χ0v) is 11.0. The van der Waals surface area contributed by atoms with Gasteiger partial charge in [0.05, 0.1) is 13.2 Å². The van der Waals surface area contributed by atoms with Crippen molar-refractivity contribution in [2.45, 2.75) is 25.4 Å². The summed E-state index contributed by atoms with van der Waals surface area (Å²) in [6.45, 7) is 1.79. The zero-order valence-electron chi connectivity index (χ0n) is 11.0. The van der Waals surface area contributed by atoms with Gasteiger partial charge in [0.1, 0.15) is 0 Å². The van der Waals surface area contributed by atoms with Crippen molar-refractivity contribution in [1.82, 2.24) is 4.90 Å². The van der Waals surface area contributed by atoms with Crippen molar-refractivity contribution in [1.29, 1.82) is 0 Å². The van der Waals surface area contributed by atoms with E-state index in [0.717, 1.165) is 30.6 Å². The highest BCUT2D eigenvalue weighted by Gasteiger charge is 2.25. The standard InChI is InChI=1S/C14H21N3O2/c15-8-11-3-1-4-12(7-11)16-14(19)9-17-6-2-5-13(17)10-18/h1,3-4,7,13,18H,2,5-6,8-10,15H2,(H,16,19). The predicted octanol–water partition coefficient (Wildman–Crippen LogP) is 0.540. The highest BCUT2D eigenvalue weighted by atomic mass is 16.3. The summed E-state index contributed by atoms with van der Waals surface area (Å²) in [6, 6.07) is 7.67. The van der Waals surface area contributed by atoms with Crippen LogP contribution in [0.25, 0.3) is 0 Å². The monoisotopic (exact) mass is 263 g/mol. The molecule has 0 radical (unpaired) electrons. The second-order valence-electron chi connectivity index (χ2n) is 4.90. The van der Waals surface area contributed by atoms with Gasteiger partial charge >= 0.3 is 0 Å². The van der Waals surface area contributed by atoms with Crippen molar-refractivity contribution in [3.8, 4) is 0 Å². The molecule has 1 fully saturated rings. The number of nitrogens with zero attached hydrogens (tertiary/aromatic N) is 1. The van der Waals surface area contributed by atoms with Gasteiger partial charge in [-0.15, -0.1) is 0 Å². The molecule has 0 aliphatic carbocycles. The van der Waals surface area contributed by atoms with Gasteiger partial charge < -0.3 is 16.2 Å². The number of anilines is 1. The van der Waals surface area contributed by atoms with Gasteiger partial charge in [-0.1, -0.05) is 12.1 Å². The van der Waals surface area contributed by atoms with Crippen molar-refractivity contribution in [3.63, 3.8) is 0 Å². The van der Waals surface area contributed by atoms with Crippen LogP contribution < -0.4 is 11.1 Å². The molecule has 1 amide bonds. The Morgan fingerprint density at radius 1 is 1.53 bits per heavy atom. The minimum Gasteiger partial charge on any atom is -0.395 e. The summed E-state index contributed by atoms with van der Waals surface area (Å²) in [7, 11) is 0. The first-order valence-corrected chi connectivity index (χ1v) is 6.66. The van der Waals surface area contributed by atoms with E-state index >= 15 is 0 Å². The Balaban J connectivity index is 1.90. The van der Waals surface area contributed by atoms with Crippen LogP contribution >= 0.6 is 0 Å². The van der Waals surface area contributed by atoms with Crippen LogP contribution in [0.15, 0.2) is 24.3 Å². The lowest BCUT2D eigenvalue weighted by Crippen LogP contribution is -2.38. The van der Waals surface area contributed by atoms with Gasteiger partial charge in [-0.3, -0.25) is 9.69 Å². The molecule has 1 unspecified atom stereocenters. The molecule has 1 aliphatic heterocycles. The van der Waals surface area contributed by atoms with Crippen LogP contribution in [0.4, 0.5) is 5.69 Å². The molecule has 1 aromatic rings. The molecule has 5 heteroatoms. The minimum atomic E-state index is -0.0467. The van der Waals surface area contributed by atoms with Gasteiger partial charge in [-0.25, -0.2) is 0 Å². The molecule has 4 N–H and O–H groups in total. The third-order valence-electron chi connectivity index (χ3n) is 3.50. The molecule has 0 spiro atoms. The summed E-state index contributed by atoms with van der Waals surface area (Å²) in [4.78, 5) is 14.0. The lowest BCUT2D eigenvalue weighted by molar-refractivity contribution is -0.117. The molecule has 1 aliphatic rings. The minimum absolute atomic E-state index is 0.0467. The van der Waals surface area contributed by atoms with Crippen molar-refractivity contribution in [3.05, 3.63) is 29.8 Å². The number of aliphatic hydroxyl groups excluding tert-OH is 1. The van der Waals surface area contributed by atoms with Crippen LogP contribution in [-0.2, 0) is 11.3 Å². The fraction of sp³-hybridized carbons (Fsp3) is 0.500. The molecule has 1 aromatic carbocycles. The first kappa shape index (κ1) is 14.0. The highest BCUT2D eigenvalue weighted by Crippen LogP contribution is 2.16. The SMILES string of the molecule is NCc1cccc(NC(=O)CN2CCCC2CO)c1. The summed E-state index contributed by atoms with van der Waals surface area (Å²) in [5.74, 6) is -0.0467. The van der Waals surface area contributed by atoms with E-state index in [9.17, 15) is 9.90 Å². The second-order valence-corrected chi connectivity index (χ2v) is 4.90. The normalized spacial score (nSPS) is 19.6. The maximum Gasteiger partial charge on any atom is 0.238 e. The summed E-state index contributed by atoms with van der Waals surface area (Å²) in [5.41, 5.74) is 7.33. The summed E-state index contributed by atoms with van der Waals surface area (Å²) in [6.07, 6.45) is 2.01. The van der Waals surface area contributed by atoms with Crippen LogP contribution in [0, 0.1) is 0 Å². The number of rotatable bonds is 5. The van der Waals surface area contributed by atoms with E-state index < -0.39 is 0 Å². The Kier molecular flexibility index (Phi) is 4.90. The number of carbonyl (C=O) groups is 1. The fourth-order valence-electron chi connectivity index (χ4n) is 2.47. The topological polar surface area (TPSA) is 78.6 Å². The van der Waals surface area contributed by atoms with Crippen molar-refractivity contribution in [2.75, 3.05) is 25.0 Å². The average Bonchev–Trinajstić information content (AvgIpc) is 2.86. The van der Waals surface area contributed by atoms with Gasteiger partial charge in [0.25, 0.3) is 0 Å². The average molecular weight is 263 g/mol. The third kappa shape index (κ3) is 3.76. The maximum absolute atomic E-state index is 12.0. The molecule has 1 atom stereocenters. The smallest absolute Gasteiger partial charge is 0.238 e. The number of likely N-dealkylation sites (tertiary alicyclic amines) is 1. The summed E-state index contributed by atoms with van der Waals surface area (Å²) < 4.78 is 0. The molecule has 1 heterocycles. The van der Waals surface area contributed by atoms with Gasteiger partial charge in [0.2, 0.25) is 5.91 Å². The van der Waals surface area contributed by atoms with E-state index in [1.807, 2.05) is 29.2 Å². The number of carbonyl (C=O) groups excluding carboxylic acids is 1. The van der Waals surface area contributed by atoms with Crippen LogP contribution in [0.1, 0.15) is 18.4 Å². The highest BCUT2D eigenvalue weighted by molar-refractivity contribution is 5.92. The van der Waals surface area contributed by atoms with Crippen LogP contribution in [0.2, 0.25) is 0 Å². The van der Waals surface area contributed by atoms with E-state index in [0.29, 0.717) is 13.1 Å². The molecular weight excluding hydrogens is 242 g/mol. The van der Waals surface area contributed by atoms with Crippen molar-refractivity contribution >= 4 is 11.6 Å². The number of aliphatic hydroxyl groups is 1. The van der Waals surface area contributed by atoms with Crippen LogP contribution in [0.3, 0.4) is 0 Å². The number of amides is 1. The third-order valence-corrected chi connectivity index (χ3v) is 3.50. The largest absolute Gasteiger partial charge is 0.395 e. The van der Waals surface area contributed by atoms with E-state index in [2.05, 4.69) is 5.32 Å². The Hall–Kier alpha value is -1.43. The lowest BCUT2D eigenvalue weighted by Gasteiger charge is -2.21. The van der Waals surface area contributed by atoms with Crippen LogP contribution in [0.5, 0.6) is 0 Å². The zero-order chi connectivity index (χ0) is 13.7.